The fourth-order valence-corrected chi connectivity index (χ4v) is 2.08. The van der Waals surface area contributed by atoms with Gasteiger partial charge in [-0.15, -0.1) is 13.2 Å². The average molecular weight is 299 g/mol. The fourth-order valence-electron chi connectivity index (χ4n) is 2.08. The molecule has 0 amide bonds. The smallest absolute Gasteiger partial charge is 0.490 e. The topological polar surface area (TPSA) is 44.5 Å². The van der Waals surface area contributed by atoms with Crippen LogP contribution in [0.15, 0.2) is 36.4 Å². The Bertz CT molecular complexity index is 611. The second-order valence-electron chi connectivity index (χ2n) is 4.64. The van der Waals surface area contributed by atoms with Crippen LogP contribution in [0.4, 0.5) is 13.2 Å². The molecule has 0 aliphatic carbocycles. The molecule has 0 saturated carbocycles. The van der Waals surface area contributed by atoms with Gasteiger partial charge < -0.3 is 10.5 Å². The standard InChI is InChI=1S/C15H16F3NO2/c1-10(19)12-7-6-11-4-2-3-5-13(11)14(12)20-8-9-21-15(16,17)18/h2-7,10H,8-9,19H2,1H3/t10-/m1/s1. The van der Waals surface area contributed by atoms with E-state index in [0.717, 1.165) is 16.3 Å². The third-order valence-electron chi connectivity index (χ3n) is 3.00. The minimum absolute atomic E-state index is 0.201. The van der Waals surface area contributed by atoms with Crippen LogP contribution < -0.4 is 10.5 Å². The first-order chi connectivity index (χ1) is 9.88. The zero-order valence-electron chi connectivity index (χ0n) is 11.5. The van der Waals surface area contributed by atoms with E-state index in [-0.39, 0.29) is 12.6 Å². The molecule has 0 aliphatic heterocycles. The molecule has 0 heterocycles. The lowest BCUT2D eigenvalue weighted by atomic mass is 10.0. The lowest BCUT2D eigenvalue weighted by molar-refractivity contribution is -0.325. The maximum atomic E-state index is 11.9. The molecule has 114 valence electrons. The molecule has 0 aliphatic rings. The molecular formula is C15H16F3NO2. The summed E-state index contributed by atoms with van der Waals surface area (Å²) in [6, 6.07) is 10.9. The van der Waals surface area contributed by atoms with Gasteiger partial charge in [-0.25, -0.2) is 0 Å². The summed E-state index contributed by atoms with van der Waals surface area (Å²) in [5, 5.41) is 1.76. The number of ether oxygens (including phenoxy) is 2. The zero-order valence-corrected chi connectivity index (χ0v) is 11.5. The van der Waals surface area contributed by atoms with E-state index in [1.54, 1.807) is 6.92 Å². The Morgan fingerprint density at radius 3 is 2.48 bits per heavy atom. The van der Waals surface area contributed by atoms with Crippen molar-refractivity contribution in [2.45, 2.75) is 19.3 Å². The van der Waals surface area contributed by atoms with E-state index in [1.165, 1.54) is 0 Å². The van der Waals surface area contributed by atoms with Gasteiger partial charge in [-0.3, -0.25) is 4.74 Å². The van der Waals surface area contributed by atoms with Gasteiger partial charge in [0.15, 0.2) is 0 Å². The van der Waals surface area contributed by atoms with Gasteiger partial charge in [-0.05, 0) is 12.3 Å². The van der Waals surface area contributed by atoms with Crippen molar-refractivity contribution in [3.05, 3.63) is 42.0 Å². The molecule has 3 nitrogen and oxygen atoms in total. The summed E-state index contributed by atoms with van der Waals surface area (Å²) in [6.45, 7) is 1.03. The van der Waals surface area contributed by atoms with Gasteiger partial charge in [0.05, 0.1) is 6.61 Å². The van der Waals surface area contributed by atoms with Gasteiger partial charge in [0.25, 0.3) is 0 Å². The van der Waals surface area contributed by atoms with Crippen LogP contribution in [0.2, 0.25) is 0 Å². The van der Waals surface area contributed by atoms with Gasteiger partial charge in [0, 0.05) is 17.0 Å². The predicted molar refractivity (Wildman–Crippen MR) is 74.1 cm³/mol. The quantitative estimate of drug-likeness (QED) is 0.855. The van der Waals surface area contributed by atoms with Crippen molar-refractivity contribution < 1.29 is 22.6 Å². The molecule has 0 bridgehead atoms. The number of benzene rings is 2. The molecule has 2 rings (SSSR count). The van der Waals surface area contributed by atoms with E-state index in [1.807, 2.05) is 36.4 Å². The minimum Gasteiger partial charge on any atom is -0.490 e. The number of fused-ring (bicyclic) bond motifs is 1. The van der Waals surface area contributed by atoms with Crippen LogP contribution in [0.25, 0.3) is 10.8 Å². The van der Waals surface area contributed by atoms with Crippen LogP contribution in [-0.2, 0) is 4.74 Å². The van der Waals surface area contributed by atoms with E-state index < -0.39 is 13.0 Å². The van der Waals surface area contributed by atoms with Gasteiger partial charge in [0.1, 0.15) is 12.4 Å². The van der Waals surface area contributed by atoms with E-state index in [0.29, 0.717) is 5.75 Å². The zero-order chi connectivity index (χ0) is 15.5. The van der Waals surface area contributed by atoms with E-state index in [2.05, 4.69) is 4.74 Å². The van der Waals surface area contributed by atoms with Gasteiger partial charge in [-0.2, -0.15) is 0 Å². The first-order valence-corrected chi connectivity index (χ1v) is 6.49. The summed E-state index contributed by atoms with van der Waals surface area (Å²) in [5.74, 6) is 0.508. The Kier molecular flexibility index (Phi) is 4.69. The van der Waals surface area contributed by atoms with Crippen LogP contribution in [0.5, 0.6) is 5.75 Å². The Balaban J connectivity index is 2.21. The highest BCUT2D eigenvalue weighted by Gasteiger charge is 2.28. The molecule has 0 unspecified atom stereocenters. The first kappa shape index (κ1) is 15.6. The summed E-state index contributed by atoms with van der Waals surface area (Å²) in [6.07, 6.45) is -4.65. The van der Waals surface area contributed by atoms with Crippen molar-refractivity contribution in [1.82, 2.24) is 0 Å². The fraction of sp³-hybridized carbons (Fsp3) is 0.333. The number of rotatable bonds is 5. The average Bonchev–Trinajstić information content (AvgIpc) is 2.42. The first-order valence-electron chi connectivity index (χ1n) is 6.49. The molecule has 0 radical (unpaired) electrons. The van der Waals surface area contributed by atoms with Crippen LogP contribution in [0.1, 0.15) is 18.5 Å². The Morgan fingerprint density at radius 2 is 1.81 bits per heavy atom. The highest BCUT2D eigenvalue weighted by molar-refractivity contribution is 5.89. The molecule has 2 aromatic rings. The minimum atomic E-state index is -4.65. The molecule has 0 spiro atoms. The van der Waals surface area contributed by atoms with Crippen LogP contribution in [0, 0.1) is 0 Å². The number of halogens is 3. The maximum absolute atomic E-state index is 11.9. The number of nitrogens with two attached hydrogens (primary N) is 1. The third-order valence-corrected chi connectivity index (χ3v) is 3.00. The predicted octanol–water partition coefficient (Wildman–Crippen LogP) is 3.77. The van der Waals surface area contributed by atoms with Crippen molar-refractivity contribution in [2.75, 3.05) is 13.2 Å². The SMILES string of the molecule is C[C@@H](N)c1ccc2ccccc2c1OCCOC(F)(F)F. The van der Waals surface area contributed by atoms with Gasteiger partial charge in [-0.1, -0.05) is 36.4 Å². The van der Waals surface area contributed by atoms with Crippen LogP contribution in [0.3, 0.4) is 0 Å². The largest absolute Gasteiger partial charge is 0.522 e. The second-order valence-corrected chi connectivity index (χ2v) is 4.64. The Morgan fingerprint density at radius 1 is 1.10 bits per heavy atom. The molecule has 21 heavy (non-hydrogen) atoms. The summed E-state index contributed by atoms with van der Waals surface area (Å²) in [7, 11) is 0. The maximum Gasteiger partial charge on any atom is 0.522 e. The summed E-state index contributed by atoms with van der Waals surface area (Å²) >= 11 is 0. The molecule has 0 saturated heterocycles. The van der Waals surface area contributed by atoms with Crippen molar-refractivity contribution in [3.63, 3.8) is 0 Å². The number of hydrogen-bond acceptors (Lipinski definition) is 3. The van der Waals surface area contributed by atoms with E-state index in [9.17, 15) is 13.2 Å². The highest BCUT2D eigenvalue weighted by Crippen LogP contribution is 2.33. The summed E-state index contributed by atoms with van der Waals surface area (Å²) < 4.78 is 45.0. The summed E-state index contributed by atoms with van der Waals surface area (Å²) in [5.41, 5.74) is 6.64. The normalized spacial score (nSPS) is 13.4. The molecule has 0 aromatic heterocycles. The van der Waals surface area contributed by atoms with Gasteiger partial charge in [0.2, 0.25) is 0 Å². The molecule has 6 heteroatoms. The highest BCUT2D eigenvalue weighted by atomic mass is 19.4. The molecule has 0 fully saturated rings. The number of hydrogen-bond donors (Lipinski definition) is 1. The lowest BCUT2D eigenvalue weighted by Crippen LogP contribution is -2.19. The Hall–Kier alpha value is -1.79. The molecule has 1 atom stereocenters. The van der Waals surface area contributed by atoms with Crippen LogP contribution >= 0.6 is 0 Å². The van der Waals surface area contributed by atoms with Crippen molar-refractivity contribution in [1.29, 1.82) is 0 Å². The second kappa shape index (κ2) is 6.32. The van der Waals surface area contributed by atoms with Crippen molar-refractivity contribution >= 4 is 10.8 Å². The number of alkyl halides is 3. The summed E-state index contributed by atoms with van der Waals surface area (Å²) in [4.78, 5) is 0. The Labute approximate surface area is 120 Å². The van der Waals surface area contributed by atoms with Crippen molar-refractivity contribution in [3.8, 4) is 5.75 Å². The monoisotopic (exact) mass is 299 g/mol. The molecular weight excluding hydrogens is 283 g/mol. The van der Waals surface area contributed by atoms with E-state index >= 15 is 0 Å². The third kappa shape index (κ3) is 4.09. The molecule has 2 N–H and O–H groups in total. The van der Waals surface area contributed by atoms with Crippen LogP contribution in [-0.4, -0.2) is 19.6 Å². The molecule has 2 aromatic carbocycles. The van der Waals surface area contributed by atoms with E-state index in [4.69, 9.17) is 10.5 Å². The van der Waals surface area contributed by atoms with Gasteiger partial charge >= 0.3 is 6.36 Å². The lowest BCUT2D eigenvalue weighted by Gasteiger charge is -2.17. The van der Waals surface area contributed by atoms with Crippen molar-refractivity contribution in [2.24, 2.45) is 5.73 Å².